The lowest BCUT2D eigenvalue weighted by Crippen LogP contribution is -2.51. The molecule has 0 saturated carbocycles. The van der Waals surface area contributed by atoms with Gasteiger partial charge in [0, 0.05) is 37.5 Å². The van der Waals surface area contributed by atoms with Crippen LogP contribution in [-0.2, 0) is 32.6 Å². The number of hydrogen-bond donors (Lipinski definition) is 1. The molecule has 0 aliphatic rings. The second kappa shape index (κ2) is 15.0. The summed E-state index contributed by atoms with van der Waals surface area (Å²) in [4.78, 5) is 28.9. The number of nitrogens with zero attached hydrogens (tertiary/aromatic N) is 2. The second-order valence-electron chi connectivity index (χ2n) is 10.4. The van der Waals surface area contributed by atoms with Crippen molar-refractivity contribution < 1.29 is 22.4 Å². The van der Waals surface area contributed by atoms with Crippen LogP contribution in [-0.4, -0.2) is 50.5 Å². The number of benzene rings is 3. The lowest BCUT2D eigenvalue weighted by molar-refractivity contribution is -0.141. The molecule has 0 unspecified atom stereocenters. The van der Waals surface area contributed by atoms with E-state index in [1.54, 1.807) is 12.1 Å². The molecule has 220 valence electrons. The van der Waals surface area contributed by atoms with Crippen LogP contribution in [0.3, 0.4) is 0 Å². The molecule has 0 aliphatic heterocycles. The van der Waals surface area contributed by atoms with Gasteiger partial charge in [-0.15, -0.1) is 0 Å². The van der Waals surface area contributed by atoms with Gasteiger partial charge in [-0.05, 0) is 53.8 Å². The van der Waals surface area contributed by atoms with Gasteiger partial charge in [0.1, 0.15) is 11.9 Å². The maximum atomic E-state index is 13.8. The number of nitrogens with one attached hydrogen (secondary N) is 1. The summed E-state index contributed by atoms with van der Waals surface area (Å²) in [5.41, 5.74) is 1.90. The number of hydrogen-bond acceptors (Lipinski definition) is 4. The molecule has 7 nitrogen and oxygen atoms in total. The number of halogens is 2. The monoisotopic (exact) mass is 601 g/mol. The Balaban J connectivity index is 1.88. The van der Waals surface area contributed by atoms with Crippen LogP contribution < -0.4 is 9.62 Å². The Labute approximate surface area is 247 Å². The fourth-order valence-corrected chi connectivity index (χ4v) is 5.56. The smallest absolute Gasteiger partial charge is 0.243 e. The van der Waals surface area contributed by atoms with Crippen molar-refractivity contribution in [2.24, 2.45) is 5.92 Å². The zero-order valence-corrected chi connectivity index (χ0v) is 25.2. The Hall–Kier alpha value is -3.43. The second-order valence-corrected chi connectivity index (χ2v) is 12.7. The number of rotatable bonds is 14. The molecular weight excluding hydrogens is 565 g/mol. The number of sulfonamides is 1. The van der Waals surface area contributed by atoms with E-state index in [0.29, 0.717) is 29.2 Å². The number of anilines is 1. The van der Waals surface area contributed by atoms with Gasteiger partial charge in [0.25, 0.3) is 0 Å². The summed E-state index contributed by atoms with van der Waals surface area (Å²) >= 11 is 6.46. The van der Waals surface area contributed by atoms with Crippen molar-refractivity contribution in [2.45, 2.75) is 45.7 Å². The molecule has 0 spiro atoms. The predicted octanol–water partition coefficient (Wildman–Crippen LogP) is 5.44. The van der Waals surface area contributed by atoms with Gasteiger partial charge in [0.2, 0.25) is 21.8 Å². The lowest BCUT2D eigenvalue weighted by Gasteiger charge is -2.32. The fraction of sp³-hybridized carbons (Fsp3) is 0.355. The molecule has 0 aromatic heterocycles. The van der Waals surface area contributed by atoms with Crippen LogP contribution in [0.1, 0.15) is 37.8 Å². The minimum Gasteiger partial charge on any atom is -0.354 e. The minimum atomic E-state index is -3.68. The summed E-state index contributed by atoms with van der Waals surface area (Å²) in [5.74, 6) is -0.838. The highest BCUT2D eigenvalue weighted by atomic mass is 35.5. The van der Waals surface area contributed by atoms with E-state index < -0.39 is 21.9 Å². The normalized spacial score (nSPS) is 12.1. The van der Waals surface area contributed by atoms with Gasteiger partial charge in [0.15, 0.2) is 0 Å². The van der Waals surface area contributed by atoms with Crippen LogP contribution in [0.2, 0.25) is 5.02 Å². The van der Waals surface area contributed by atoms with Gasteiger partial charge in [0.05, 0.1) is 11.9 Å². The van der Waals surface area contributed by atoms with Crippen molar-refractivity contribution in [3.05, 3.63) is 101 Å². The highest BCUT2D eigenvalue weighted by Crippen LogP contribution is 2.23. The molecule has 3 aromatic carbocycles. The first-order valence-electron chi connectivity index (χ1n) is 13.5. The molecule has 0 radical (unpaired) electrons. The summed E-state index contributed by atoms with van der Waals surface area (Å²) in [5, 5.41) is 3.45. The average molecular weight is 602 g/mol. The van der Waals surface area contributed by atoms with E-state index in [2.05, 4.69) is 5.32 Å². The molecule has 0 bridgehead atoms. The molecule has 2 amide bonds. The van der Waals surface area contributed by atoms with E-state index in [9.17, 15) is 22.4 Å². The molecule has 0 fully saturated rings. The quantitative estimate of drug-likeness (QED) is 0.267. The first kappa shape index (κ1) is 32.1. The topological polar surface area (TPSA) is 86.8 Å². The van der Waals surface area contributed by atoms with E-state index in [4.69, 9.17) is 11.6 Å². The molecular formula is C31H37ClFN3O4S. The van der Waals surface area contributed by atoms with Crippen molar-refractivity contribution in [3.8, 4) is 0 Å². The summed E-state index contributed by atoms with van der Waals surface area (Å²) in [6.07, 6.45) is 1.54. The van der Waals surface area contributed by atoms with E-state index in [0.717, 1.165) is 16.1 Å². The standard InChI is InChI=1S/C31H37ClFN3O4S/c1-23(2)21-34-31(38)29(20-24-10-5-4-6-11-24)35(22-25-12-7-8-13-28(25)32)30(37)14-9-19-36(41(3,39)40)27-17-15-26(33)16-18-27/h4-8,10-13,15-18,23,29H,9,14,19-22H2,1-3H3,(H,34,38)/t29-/m0/s1. The highest BCUT2D eigenvalue weighted by Gasteiger charge is 2.31. The first-order chi connectivity index (χ1) is 19.5. The first-order valence-corrected chi connectivity index (χ1v) is 15.8. The van der Waals surface area contributed by atoms with Gasteiger partial charge in [-0.1, -0.05) is 74.0 Å². The van der Waals surface area contributed by atoms with E-state index in [1.165, 1.54) is 29.2 Å². The molecule has 1 atom stereocenters. The summed E-state index contributed by atoms with van der Waals surface area (Å²) in [6, 6.07) is 21.0. The van der Waals surface area contributed by atoms with Gasteiger partial charge in [-0.2, -0.15) is 0 Å². The maximum Gasteiger partial charge on any atom is 0.243 e. The zero-order valence-electron chi connectivity index (χ0n) is 23.6. The van der Waals surface area contributed by atoms with Crippen LogP contribution in [0.5, 0.6) is 0 Å². The van der Waals surface area contributed by atoms with Gasteiger partial charge < -0.3 is 10.2 Å². The van der Waals surface area contributed by atoms with E-state index in [1.807, 2.05) is 56.3 Å². The third kappa shape index (κ3) is 9.86. The molecule has 3 aromatic rings. The fourth-order valence-electron chi connectivity index (χ4n) is 4.40. The number of carbonyl (C=O) groups is 2. The SMILES string of the molecule is CC(C)CNC(=O)[C@H](Cc1ccccc1)N(Cc1ccccc1Cl)C(=O)CCCN(c1ccc(F)cc1)S(C)(=O)=O. The van der Waals surface area contributed by atoms with Crippen LogP contribution >= 0.6 is 11.6 Å². The Morgan fingerprint density at radius 2 is 1.59 bits per heavy atom. The Morgan fingerprint density at radius 3 is 2.20 bits per heavy atom. The third-order valence-corrected chi connectivity index (χ3v) is 8.08. The average Bonchev–Trinajstić information content (AvgIpc) is 2.93. The van der Waals surface area contributed by atoms with Crippen LogP contribution in [0, 0.1) is 11.7 Å². The molecule has 3 rings (SSSR count). The summed E-state index contributed by atoms with van der Waals surface area (Å²) in [6.45, 7) is 4.57. The summed E-state index contributed by atoms with van der Waals surface area (Å²) < 4.78 is 39.6. The van der Waals surface area contributed by atoms with Gasteiger partial charge in [-0.25, -0.2) is 12.8 Å². The molecule has 0 saturated heterocycles. The Morgan fingerprint density at radius 1 is 0.951 bits per heavy atom. The van der Waals surface area contributed by atoms with Gasteiger partial charge in [-0.3, -0.25) is 13.9 Å². The van der Waals surface area contributed by atoms with Crippen molar-refractivity contribution in [2.75, 3.05) is 23.7 Å². The Kier molecular flexibility index (Phi) is 11.7. The maximum absolute atomic E-state index is 13.8. The van der Waals surface area contributed by atoms with Gasteiger partial charge >= 0.3 is 0 Å². The van der Waals surface area contributed by atoms with E-state index >= 15 is 0 Å². The van der Waals surface area contributed by atoms with E-state index in [-0.39, 0.29) is 43.7 Å². The number of carbonyl (C=O) groups excluding carboxylic acids is 2. The van der Waals surface area contributed by atoms with Crippen LogP contribution in [0.25, 0.3) is 0 Å². The lowest BCUT2D eigenvalue weighted by atomic mass is 10.0. The van der Waals surface area contributed by atoms with Crippen molar-refractivity contribution in [1.29, 1.82) is 0 Å². The van der Waals surface area contributed by atoms with Crippen LogP contribution in [0.4, 0.5) is 10.1 Å². The van der Waals surface area contributed by atoms with Crippen molar-refractivity contribution in [3.63, 3.8) is 0 Å². The third-order valence-electron chi connectivity index (χ3n) is 6.52. The zero-order chi connectivity index (χ0) is 30.0. The highest BCUT2D eigenvalue weighted by molar-refractivity contribution is 7.92. The van der Waals surface area contributed by atoms with Crippen LogP contribution in [0.15, 0.2) is 78.9 Å². The Bertz CT molecular complexity index is 1400. The molecule has 1 N–H and O–H groups in total. The largest absolute Gasteiger partial charge is 0.354 e. The molecule has 0 aliphatic carbocycles. The van der Waals surface area contributed by atoms with Crippen molar-refractivity contribution in [1.82, 2.24) is 10.2 Å². The summed E-state index contributed by atoms with van der Waals surface area (Å²) in [7, 11) is -3.68. The number of amides is 2. The molecule has 41 heavy (non-hydrogen) atoms. The molecule has 10 heteroatoms. The minimum absolute atomic E-state index is 0.0129. The predicted molar refractivity (Wildman–Crippen MR) is 162 cm³/mol. The molecule has 0 heterocycles. The van der Waals surface area contributed by atoms with Crippen molar-refractivity contribution >= 4 is 39.1 Å².